The number of nitrogens with one attached hydrogen (secondary N) is 1. The van der Waals surface area contributed by atoms with Gasteiger partial charge in [-0.05, 0) is 42.5 Å². The van der Waals surface area contributed by atoms with Crippen molar-refractivity contribution in [3.05, 3.63) is 93.7 Å². The Morgan fingerprint density at radius 2 is 1.94 bits per heavy atom. The molecule has 1 saturated heterocycles. The molecule has 2 aromatic carbocycles. The predicted molar refractivity (Wildman–Crippen MR) is 113 cm³/mol. The van der Waals surface area contributed by atoms with E-state index in [1.54, 1.807) is 6.07 Å². The van der Waals surface area contributed by atoms with Gasteiger partial charge in [-0.15, -0.1) is 0 Å². The molecule has 0 radical (unpaired) electrons. The molecule has 1 amide bonds. The number of furan rings is 1. The molecule has 11 heteroatoms. The summed E-state index contributed by atoms with van der Waals surface area (Å²) in [5, 5.41) is 21.9. The lowest BCUT2D eigenvalue weighted by molar-refractivity contribution is -0.384. The summed E-state index contributed by atoms with van der Waals surface area (Å²) in [5.74, 6) is -2.90. The lowest BCUT2D eigenvalue weighted by Gasteiger charge is -2.20. The Bertz CT molecular complexity index is 1460. The van der Waals surface area contributed by atoms with Crippen molar-refractivity contribution in [2.24, 2.45) is 0 Å². The SMILES string of the molecule is O=C1C(=O)N(c2nc3ccc(F)cc3[nH]2)C(c2ccco2)/C1=C(\O)c1ccc([N+](=O)[O-])cc1. The molecular formula is C22H13FN4O6. The number of halogens is 1. The predicted octanol–water partition coefficient (Wildman–Crippen LogP) is 3.83. The maximum absolute atomic E-state index is 13.6. The first kappa shape index (κ1) is 20.1. The Labute approximate surface area is 183 Å². The normalized spacial score (nSPS) is 17.7. The standard InChI is InChI=1S/C22H13FN4O6/c23-12-5-8-14-15(10-12)25-22(24-14)26-18(16-2-1-9-33-16)17(20(29)21(26)30)19(28)11-3-6-13(7-4-11)27(31)32/h1-10,18,28H,(H,24,25)/b19-17+. The molecule has 164 valence electrons. The quantitative estimate of drug-likeness (QED) is 0.159. The van der Waals surface area contributed by atoms with Crippen LogP contribution in [0.4, 0.5) is 16.0 Å². The molecule has 10 nitrogen and oxygen atoms in total. The molecule has 2 aromatic heterocycles. The van der Waals surface area contributed by atoms with E-state index in [0.717, 1.165) is 4.90 Å². The third kappa shape index (κ3) is 3.22. The van der Waals surface area contributed by atoms with Crippen molar-refractivity contribution in [3.8, 4) is 0 Å². The maximum Gasteiger partial charge on any atom is 0.302 e. The average molecular weight is 448 g/mol. The fourth-order valence-corrected chi connectivity index (χ4v) is 3.75. The van der Waals surface area contributed by atoms with E-state index < -0.39 is 34.2 Å². The summed E-state index contributed by atoms with van der Waals surface area (Å²) in [4.78, 5) is 44.5. The molecule has 1 fully saturated rings. The van der Waals surface area contributed by atoms with Crippen LogP contribution < -0.4 is 4.90 Å². The number of aliphatic hydroxyl groups is 1. The molecule has 1 aliphatic rings. The second-order valence-electron chi connectivity index (χ2n) is 7.21. The van der Waals surface area contributed by atoms with Gasteiger partial charge in [-0.3, -0.25) is 24.6 Å². The zero-order valence-electron chi connectivity index (χ0n) is 16.6. The molecule has 1 unspecified atom stereocenters. The van der Waals surface area contributed by atoms with Gasteiger partial charge in [0.2, 0.25) is 5.95 Å². The molecule has 3 heterocycles. The number of H-pyrrole nitrogens is 1. The van der Waals surface area contributed by atoms with Crippen LogP contribution in [0.3, 0.4) is 0 Å². The number of Topliss-reactive ketones (excluding diaryl/α,β-unsaturated/α-hetero) is 1. The zero-order chi connectivity index (χ0) is 23.3. The largest absolute Gasteiger partial charge is 0.507 e. The number of nitro groups is 1. The van der Waals surface area contributed by atoms with Crippen LogP contribution in [-0.2, 0) is 9.59 Å². The summed E-state index contributed by atoms with van der Waals surface area (Å²) >= 11 is 0. The fraction of sp³-hybridized carbons (Fsp3) is 0.0455. The number of rotatable bonds is 4. The second-order valence-corrected chi connectivity index (χ2v) is 7.21. The maximum atomic E-state index is 13.6. The highest BCUT2D eigenvalue weighted by Crippen LogP contribution is 2.42. The highest BCUT2D eigenvalue weighted by atomic mass is 19.1. The molecule has 0 bridgehead atoms. The van der Waals surface area contributed by atoms with Crippen LogP contribution in [-0.4, -0.2) is 31.7 Å². The lowest BCUT2D eigenvalue weighted by atomic mass is 9.99. The Balaban J connectivity index is 1.68. The van der Waals surface area contributed by atoms with Crippen molar-refractivity contribution >= 4 is 40.1 Å². The van der Waals surface area contributed by atoms with E-state index in [4.69, 9.17) is 4.42 Å². The van der Waals surface area contributed by atoms with Crippen molar-refractivity contribution in [3.63, 3.8) is 0 Å². The topological polar surface area (TPSA) is 143 Å². The number of ketones is 1. The first-order valence-corrected chi connectivity index (χ1v) is 9.59. The molecule has 5 rings (SSSR count). The molecule has 0 spiro atoms. The zero-order valence-corrected chi connectivity index (χ0v) is 16.6. The van der Waals surface area contributed by atoms with Crippen molar-refractivity contribution in [1.29, 1.82) is 0 Å². The molecule has 0 aliphatic carbocycles. The Morgan fingerprint density at radius 3 is 2.61 bits per heavy atom. The minimum atomic E-state index is -1.18. The summed E-state index contributed by atoms with van der Waals surface area (Å²) in [6.45, 7) is 0. The number of carbonyl (C=O) groups excluding carboxylic acids is 2. The van der Waals surface area contributed by atoms with Crippen LogP contribution >= 0.6 is 0 Å². The average Bonchev–Trinajstić information content (AvgIpc) is 3.52. The number of amides is 1. The van der Waals surface area contributed by atoms with E-state index in [2.05, 4.69) is 9.97 Å². The van der Waals surface area contributed by atoms with Crippen LogP contribution in [0.5, 0.6) is 0 Å². The number of imidazole rings is 1. The molecule has 0 saturated carbocycles. The minimum absolute atomic E-state index is 0.0400. The van der Waals surface area contributed by atoms with E-state index in [-0.39, 0.29) is 28.5 Å². The molecule has 1 atom stereocenters. The number of aromatic amines is 1. The van der Waals surface area contributed by atoms with E-state index in [1.807, 2.05) is 0 Å². The molecule has 33 heavy (non-hydrogen) atoms. The highest BCUT2D eigenvalue weighted by Gasteiger charge is 2.49. The van der Waals surface area contributed by atoms with Gasteiger partial charge in [-0.2, -0.15) is 0 Å². The fourth-order valence-electron chi connectivity index (χ4n) is 3.75. The number of benzene rings is 2. The summed E-state index contributed by atoms with van der Waals surface area (Å²) in [7, 11) is 0. The number of nitrogens with zero attached hydrogens (tertiary/aromatic N) is 3. The van der Waals surface area contributed by atoms with Gasteiger partial charge in [0, 0.05) is 17.7 Å². The van der Waals surface area contributed by atoms with Crippen molar-refractivity contribution in [2.75, 3.05) is 4.90 Å². The number of aliphatic hydroxyl groups excluding tert-OH is 1. The van der Waals surface area contributed by atoms with Gasteiger partial charge in [0.25, 0.3) is 11.5 Å². The molecular weight excluding hydrogens is 435 g/mol. The Kier molecular flexibility index (Phi) is 4.52. The van der Waals surface area contributed by atoms with E-state index >= 15 is 0 Å². The van der Waals surface area contributed by atoms with Crippen LogP contribution in [0.15, 0.2) is 70.9 Å². The van der Waals surface area contributed by atoms with Gasteiger partial charge in [0.1, 0.15) is 23.4 Å². The van der Waals surface area contributed by atoms with Crippen molar-refractivity contribution in [2.45, 2.75) is 6.04 Å². The summed E-state index contributed by atoms with van der Waals surface area (Å²) < 4.78 is 19.1. The number of nitro benzene ring substituents is 1. The monoisotopic (exact) mass is 448 g/mol. The van der Waals surface area contributed by atoms with Crippen molar-refractivity contribution in [1.82, 2.24) is 9.97 Å². The van der Waals surface area contributed by atoms with E-state index in [1.165, 1.54) is 54.8 Å². The van der Waals surface area contributed by atoms with Crippen molar-refractivity contribution < 1.29 is 28.4 Å². The first-order valence-electron chi connectivity index (χ1n) is 9.59. The van der Waals surface area contributed by atoms with Gasteiger partial charge < -0.3 is 14.5 Å². The van der Waals surface area contributed by atoms with Gasteiger partial charge >= 0.3 is 5.91 Å². The van der Waals surface area contributed by atoms with Gasteiger partial charge in [-0.25, -0.2) is 9.37 Å². The number of non-ortho nitro benzene ring substituents is 1. The smallest absolute Gasteiger partial charge is 0.302 e. The number of fused-ring (bicyclic) bond motifs is 1. The summed E-state index contributed by atoms with van der Waals surface area (Å²) in [5.41, 5.74) is 0.281. The van der Waals surface area contributed by atoms with Crippen LogP contribution in [0.25, 0.3) is 16.8 Å². The summed E-state index contributed by atoms with van der Waals surface area (Å²) in [6.07, 6.45) is 1.34. The first-order chi connectivity index (χ1) is 15.8. The van der Waals surface area contributed by atoms with Crippen LogP contribution in [0.2, 0.25) is 0 Å². The van der Waals surface area contributed by atoms with Crippen LogP contribution in [0, 0.1) is 15.9 Å². The Hall–Kier alpha value is -4.80. The van der Waals surface area contributed by atoms with Crippen LogP contribution in [0.1, 0.15) is 17.4 Å². The molecule has 4 aromatic rings. The van der Waals surface area contributed by atoms with E-state index in [9.17, 15) is 29.2 Å². The number of carbonyl (C=O) groups is 2. The number of aromatic nitrogens is 2. The second kappa shape index (κ2) is 7.41. The van der Waals surface area contributed by atoms with Gasteiger partial charge in [0.05, 0.1) is 27.8 Å². The number of hydrogen-bond donors (Lipinski definition) is 2. The molecule has 1 aliphatic heterocycles. The number of hydrogen-bond acceptors (Lipinski definition) is 7. The molecule has 2 N–H and O–H groups in total. The number of anilines is 1. The Morgan fingerprint density at radius 1 is 1.18 bits per heavy atom. The van der Waals surface area contributed by atoms with Gasteiger partial charge in [-0.1, -0.05) is 0 Å². The lowest BCUT2D eigenvalue weighted by Crippen LogP contribution is -2.30. The third-order valence-corrected chi connectivity index (χ3v) is 5.27. The van der Waals surface area contributed by atoms with Gasteiger partial charge in [0.15, 0.2) is 0 Å². The summed E-state index contributed by atoms with van der Waals surface area (Å²) in [6, 6.07) is 10.6. The van der Waals surface area contributed by atoms with E-state index in [0.29, 0.717) is 11.0 Å². The third-order valence-electron chi connectivity index (χ3n) is 5.27. The minimum Gasteiger partial charge on any atom is -0.507 e. The highest BCUT2D eigenvalue weighted by molar-refractivity contribution is 6.51.